The molecule has 1 aromatic heterocycles. The van der Waals surface area contributed by atoms with Crippen LogP contribution in [-0.4, -0.2) is 15.1 Å². The van der Waals surface area contributed by atoms with Gasteiger partial charge >= 0.3 is 11.7 Å². The van der Waals surface area contributed by atoms with Crippen LogP contribution in [0.2, 0.25) is 0 Å². The van der Waals surface area contributed by atoms with Crippen LogP contribution < -0.4 is 10.4 Å². The Morgan fingerprint density at radius 3 is 2.36 bits per heavy atom. The molecule has 0 unspecified atom stereocenters. The zero-order valence-corrected chi connectivity index (χ0v) is 14.8. The van der Waals surface area contributed by atoms with Crippen LogP contribution in [0.5, 0.6) is 5.75 Å². The third-order valence-electron chi connectivity index (χ3n) is 4.21. The van der Waals surface area contributed by atoms with E-state index in [1.807, 2.05) is 57.2 Å². The number of carbonyl (C=O) groups excluding carboxylic acids is 1. The molecule has 5 heteroatoms. The fourth-order valence-electron chi connectivity index (χ4n) is 3.06. The van der Waals surface area contributed by atoms with E-state index in [9.17, 15) is 9.59 Å². The minimum absolute atomic E-state index is 0.108. The van der Waals surface area contributed by atoms with Crippen molar-refractivity contribution in [3.63, 3.8) is 0 Å². The van der Waals surface area contributed by atoms with E-state index >= 15 is 0 Å². The summed E-state index contributed by atoms with van der Waals surface area (Å²) >= 11 is 0. The first kappa shape index (κ1) is 17.0. The summed E-state index contributed by atoms with van der Waals surface area (Å²) < 4.78 is 8.66. The zero-order valence-electron chi connectivity index (χ0n) is 14.8. The van der Waals surface area contributed by atoms with Gasteiger partial charge in [0, 0.05) is 6.54 Å². The Labute approximate surface area is 146 Å². The number of aromatic nitrogens is 2. The second kappa shape index (κ2) is 6.97. The van der Waals surface area contributed by atoms with E-state index in [0.29, 0.717) is 12.3 Å². The number of hydrogen-bond acceptors (Lipinski definition) is 3. The minimum atomic E-state index is -0.451. The third-order valence-corrected chi connectivity index (χ3v) is 4.21. The molecule has 1 heterocycles. The van der Waals surface area contributed by atoms with Gasteiger partial charge in [0.1, 0.15) is 12.3 Å². The van der Waals surface area contributed by atoms with Gasteiger partial charge in [-0.2, -0.15) is 0 Å². The van der Waals surface area contributed by atoms with E-state index in [0.717, 1.165) is 28.6 Å². The molecule has 0 aliphatic rings. The Kier molecular flexibility index (Phi) is 4.74. The summed E-state index contributed by atoms with van der Waals surface area (Å²) in [5.74, 6) is 0.0781. The van der Waals surface area contributed by atoms with Gasteiger partial charge in [-0.1, -0.05) is 36.8 Å². The molecule has 2 aromatic carbocycles. The number of para-hydroxylation sites is 2. The molecule has 0 bridgehead atoms. The van der Waals surface area contributed by atoms with Gasteiger partial charge < -0.3 is 4.74 Å². The lowest BCUT2D eigenvalue weighted by atomic mass is 10.1. The molecular formula is C20H22N2O3. The van der Waals surface area contributed by atoms with Gasteiger partial charge in [-0.3, -0.25) is 9.13 Å². The summed E-state index contributed by atoms with van der Waals surface area (Å²) in [6.07, 6.45) is 0.848. The van der Waals surface area contributed by atoms with Crippen molar-refractivity contribution in [2.45, 2.75) is 40.3 Å². The predicted molar refractivity (Wildman–Crippen MR) is 98.0 cm³/mol. The maximum Gasteiger partial charge on any atom is 0.331 e. The summed E-state index contributed by atoms with van der Waals surface area (Å²) in [4.78, 5) is 25.1. The minimum Gasteiger partial charge on any atom is -0.425 e. The standard InChI is InChI=1S/C20H22N2O3/c1-4-11-21-16-7-5-6-8-17(16)22(20(21)24)13-19(23)25-18-10-9-14(2)12-15(18)3/h5-10,12H,4,11,13H2,1-3H3. The molecular weight excluding hydrogens is 316 g/mol. The first-order chi connectivity index (χ1) is 12.0. The second-order valence-corrected chi connectivity index (χ2v) is 6.25. The topological polar surface area (TPSA) is 53.2 Å². The molecule has 3 aromatic rings. The molecule has 130 valence electrons. The lowest BCUT2D eigenvalue weighted by Gasteiger charge is -2.08. The molecule has 0 amide bonds. The SMILES string of the molecule is CCCn1c(=O)n(CC(=O)Oc2ccc(C)cc2C)c2ccccc21. The predicted octanol–water partition coefficient (Wildman–Crippen LogP) is 3.44. The van der Waals surface area contributed by atoms with E-state index in [1.54, 1.807) is 10.6 Å². The number of carbonyl (C=O) groups is 1. The van der Waals surface area contributed by atoms with Crippen LogP contribution in [-0.2, 0) is 17.9 Å². The molecule has 0 aliphatic carbocycles. The maximum absolute atomic E-state index is 12.7. The van der Waals surface area contributed by atoms with E-state index in [2.05, 4.69) is 0 Å². The van der Waals surface area contributed by atoms with Crippen molar-refractivity contribution in [1.82, 2.24) is 9.13 Å². The molecule has 0 aliphatic heterocycles. The number of hydrogen-bond donors (Lipinski definition) is 0. The Morgan fingerprint density at radius 1 is 1.04 bits per heavy atom. The smallest absolute Gasteiger partial charge is 0.331 e. The van der Waals surface area contributed by atoms with Gasteiger partial charge in [-0.05, 0) is 44.0 Å². The summed E-state index contributed by atoms with van der Waals surface area (Å²) in [5.41, 5.74) is 3.41. The first-order valence-electron chi connectivity index (χ1n) is 8.47. The highest BCUT2D eigenvalue weighted by molar-refractivity contribution is 5.79. The van der Waals surface area contributed by atoms with E-state index in [-0.39, 0.29) is 12.2 Å². The first-order valence-corrected chi connectivity index (χ1v) is 8.47. The number of nitrogens with zero attached hydrogens (tertiary/aromatic N) is 2. The van der Waals surface area contributed by atoms with Gasteiger partial charge in [-0.25, -0.2) is 9.59 Å². The van der Waals surface area contributed by atoms with Crippen LogP contribution in [0.3, 0.4) is 0 Å². The van der Waals surface area contributed by atoms with E-state index < -0.39 is 5.97 Å². The molecule has 0 spiro atoms. The number of aryl methyl sites for hydroxylation is 3. The lowest BCUT2D eigenvalue weighted by molar-refractivity contribution is -0.135. The number of benzene rings is 2. The van der Waals surface area contributed by atoms with Crippen LogP contribution in [0.1, 0.15) is 24.5 Å². The second-order valence-electron chi connectivity index (χ2n) is 6.25. The average molecular weight is 338 g/mol. The summed E-state index contributed by atoms with van der Waals surface area (Å²) in [6.45, 7) is 6.42. The number of fused-ring (bicyclic) bond motifs is 1. The normalized spacial score (nSPS) is 11.0. The molecule has 0 atom stereocenters. The van der Waals surface area contributed by atoms with Gasteiger partial charge in [0.05, 0.1) is 11.0 Å². The fourth-order valence-corrected chi connectivity index (χ4v) is 3.06. The van der Waals surface area contributed by atoms with Crippen LogP contribution in [0.15, 0.2) is 47.3 Å². The van der Waals surface area contributed by atoms with Crippen molar-refractivity contribution < 1.29 is 9.53 Å². The van der Waals surface area contributed by atoms with Crippen molar-refractivity contribution in [3.8, 4) is 5.75 Å². The zero-order chi connectivity index (χ0) is 18.0. The molecule has 5 nitrogen and oxygen atoms in total. The Hall–Kier alpha value is -2.82. The molecule has 0 saturated heterocycles. The third kappa shape index (κ3) is 3.36. The monoisotopic (exact) mass is 338 g/mol. The van der Waals surface area contributed by atoms with Crippen LogP contribution in [0.25, 0.3) is 11.0 Å². The largest absolute Gasteiger partial charge is 0.425 e. The maximum atomic E-state index is 12.7. The van der Waals surface area contributed by atoms with Crippen molar-refractivity contribution in [2.24, 2.45) is 0 Å². The highest BCUT2D eigenvalue weighted by Crippen LogP contribution is 2.19. The van der Waals surface area contributed by atoms with Gasteiger partial charge in [0.2, 0.25) is 0 Å². The van der Waals surface area contributed by atoms with E-state index in [4.69, 9.17) is 4.74 Å². The molecule has 0 radical (unpaired) electrons. The molecule has 0 saturated carbocycles. The highest BCUT2D eigenvalue weighted by Gasteiger charge is 2.16. The number of esters is 1. The Bertz CT molecular complexity index is 982. The summed E-state index contributed by atoms with van der Waals surface area (Å²) in [5, 5.41) is 0. The molecule has 3 rings (SSSR count). The summed E-state index contributed by atoms with van der Waals surface area (Å²) in [6, 6.07) is 13.2. The van der Waals surface area contributed by atoms with Gasteiger partial charge in [-0.15, -0.1) is 0 Å². The van der Waals surface area contributed by atoms with Gasteiger partial charge in [0.25, 0.3) is 0 Å². The molecule has 0 fully saturated rings. The molecule has 25 heavy (non-hydrogen) atoms. The van der Waals surface area contributed by atoms with E-state index in [1.165, 1.54) is 4.57 Å². The Morgan fingerprint density at radius 2 is 1.72 bits per heavy atom. The van der Waals surface area contributed by atoms with Crippen LogP contribution >= 0.6 is 0 Å². The Balaban J connectivity index is 1.91. The fraction of sp³-hybridized carbons (Fsp3) is 0.300. The van der Waals surface area contributed by atoms with Gasteiger partial charge in [0.15, 0.2) is 0 Å². The van der Waals surface area contributed by atoms with Crippen molar-refractivity contribution >= 4 is 17.0 Å². The molecule has 0 N–H and O–H groups in total. The van der Waals surface area contributed by atoms with Crippen molar-refractivity contribution in [2.75, 3.05) is 0 Å². The quantitative estimate of drug-likeness (QED) is 0.529. The van der Waals surface area contributed by atoms with Crippen LogP contribution in [0, 0.1) is 13.8 Å². The number of imidazole rings is 1. The van der Waals surface area contributed by atoms with Crippen LogP contribution in [0.4, 0.5) is 0 Å². The van der Waals surface area contributed by atoms with Crippen molar-refractivity contribution in [3.05, 3.63) is 64.1 Å². The van der Waals surface area contributed by atoms with Crippen molar-refractivity contribution in [1.29, 1.82) is 0 Å². The number of rotatable bonds is 5. The average Bonchev–Trinajstić information content (AvgIpc) is 2.84. The lowest BCUT2D eigenvalue weighted by Crippen LogP contribution is -2.28. The highest BCUT2D eigenvalue weighted by atomic mass is 16.5. The summed E-state index contributed by atoms with van der Waals surface area (Å²) in [7, 11) is 0. The number of ether oxygens (including phenoxy) is 1.